The highest BCUT2D eigenvalue weighted by Crippen LogP contribution is 2.26. The number of amides is 1. The number of ether oxygens (including phenoxy) is 2. The number of rotatable bonds is 7. The highest BCUT2D eigenvalue weighted by Gasteiger charge is 2.24. The average molecular weight is 354 g/mol. The van der Waals surface area contributed by atoms with Crippen LogP contribution in [-0.2, 0) is 0 Å². The Balaban J connectivity index is 1.69. The van der Waals surface area contributed by atoms with E-state index in [4.69, 9.17) is 9.47 Å². The summed E-state index contributed by atoms with van der Waals surface area (Å²) >= 11 is 0. The molecule has 0 aliphatic carbocycles. The maximum absolute atomic E-state index is 12.5. The van der Waals surface area contributed by atoms with Gasteiger partial charge < -0.3 is 14.8 Å². The Hall–Kier alpha value is -2.53. The second kappa shape index (κ2) is 8.72. The van der Waals surface area contributed by atoms with E-state index in [1.54, 1.807) is 38.5 Å². The minimum atomic E-state index is -0.0645. The Morgan fingerprint density at radius 2 is 1.50 bits per heavy atom. The summed E-state index contributed by atoms with van der Waals surface area (Å²) in [6.07, 6.45) is 2.41. The summed E-state index contributed by atoms with van der Waals surface area (Å²) in [5.74, 6) is 1.52. The molecule has 2 aromatic carbocycles. The Morgan fingerprint density at radius 3 is 2.04 bits per heavy atom. The molecular weight excluding hydrogens is 328 g/mol. The first-order chi connectivity index (χ1) is 12.7. The van der Waals surface area contributed by atoms with E-state index in [9.17, 15) is 4.79 Å². The molecule has 1 aliphatic rings. The molecule has 138 valence electrons. The van der Waals surface area contributed by atoms with E-state index >= 15 is 0 Å². The topological polar surface area (TPSA) is 50.8 Å². The smallest absolute Gasteiger partial charge is 0.251 e. The van der Waals surface area contributed by atoms with Gasteiger partial charge in [0.1, 0.15) is 11.5 Å². The quantitative estimate of drug-likeness (QED) is 0.829. The first-order valence-electron chi connectivity index (χ1n) is 9.01. The zero-order valence-electron chi connectivity index (χ0n) is 15.4. The highest BCUT2D eigenvalue weighted by atomic mass is 16.5. The maximum Gasteiger partial charge on any atom is 0.251 e. The van der Waals surface area contributed by atoms with Gasteiger partial charge in [0.05, 0.1) is 20.3 Å². The Bertz CT molecular complexity index is 707. The zero-order valence-corrected chi connectivity index (χ0v) is 15.4. The molecule has 1 atom stereocenters. The molecule has 1 fully saturated rings. The molecule has 5 heteroatoms. The number of methoxy groups -OCH3 is 2. The third-order valence-electron chi connectivity index (χ3n) is 4.89. The number of nitrogens with zero attached hydrogens (tertiary/aromatic N) is 1. The van der Waals surface area contributed by atoms with E-state index in [-0.39, 0.29) is 11.9 Å². The van der Waals surface area contributed by atoms with Crippen molar-refractivity contribution in [2.45, 2.75) is 18.9 Å². The van der Waals surface area contributed by atoms with Crippen molar-refractivity contribution in [2.24, 2.45) is 0 Å². The molecule has 0 saturated carbocycles. The van der Waals surface area contributed by atoms with Gasteiger partial charge in [0.25, 0.3) is 5.91 Å². The van der Waals surface area contributed by atoms with E-state index in [2.05, 4.69) is 22.3 Å². The van der Waals surface area contributed by atoms with Crippen LogP contribution in [0, 0.1) is 0 Å². The fraction of sp³-hybridized carbons (Fsp3) is 0.381. The summed E-state index contributed by atoms with van der Waals surface area (Å²) in [4.78, 5) is 14.9. The second-order valence-corrected chi connectivity index (χ2v) is 6.47. The van der Waals surface area contributed by atoms with Crippen LogP contribution in [0.4, 0.5) is 0 Å². The minimum Gasteiger partial charge on any atom is -0.497 e. The molecule has 0 spiro atoms. The molecule has 0 aromatic heterocycles. The van der Waals surface area contributed by atoms with Crippen molar-refractivity contribution in [3.63, 3.8) is 0 Å². The molecule has 3 rings (SSSR count). The van der Waals surface area contributed by atoms with Crippen LogP contribution in [0.2, 0.25) is 0 Å². The molecule has 0 unspecified atom stereocenters. The predicted molar refractivity (Wildman–Crippen MR) is 102 cm³/mol. The van der Waals surface area contributed by atoms with E-state index in [0.29, 0.717) is 12.1 Å². The predicted octanol–water partition coefficient (Wildman–Crippen LogP) is 3.27. The standard InChI is InChI=1S/C21H26N2O3/c1-25-18-9-5-16(6-10-18)20(23-13-3-4-14-23)15-22-21(24)17-7-11-19(26-2)12-8-17/h5-12,20H,3-4,13-15H2,1-2H3,(H,22,24)/t20-/m1/s1. The lowest BCUT2D eigenvalue weighted by atomic mass is 10.0. The van der Waals surface area contributed by atoms with Crippen molar-refractivity contribution >= 4 is 5.91 Å². The van der Waals surface area contributed by atoms with Crippen LogP contribution in [0.3, 0.4) is 0 Å². The average Bonchev–Trinajstić information content (AvgIpc) is 3.23. The van der Waals surface area contributed by atoms with Gasteiger partial charge in [-0.3, -0.25) is 9.69 Å². The van der Waals surface area contributed by atoms with E-state index in [1.165, 1.54) is 18.4 Å². The summed E-state index contributed by atoms with van der Waals surface area (Å²) in [6.45, 7) is 2.71. The van der Waals surface area contributed by atoms with Crippen LogP contribution in [0.1, 0.15) is 34.8 Å². The van der Waals surface area contributed by atoms with Crippen LogP contribution >= 0.6 is 0 Å². The van der Waals surface area contributed by atoms with Crippen LogP contribution in [0.15, 0.2) is 48.5 Å². The van der Waals surface area contributed by atoms with Crippen molar-refractivity contribution in [1.82, 2.24) is 10.2 Å². The summed E-state index contributed by atoms with van der Waals surface area (Å²) in [6, 6.07) is 15.5. The van der Waals surface area contributed by atoms with Gasteiger partial charge in [-0.25, -0.2) is 0 Å². The highest BCUT2D eigenvalue weighted by molar-refractivity contribution is 5.94. The number of carbonyl (C=O) groups excluding carboxylic acids is 1. The third-order valence-corrected chi connectivity index (χ3v) is 4.89. The van der Waals surface area contributed by atoms with Crippen LogP contribution in [0.25, 0.3) is 0 Å². The molecule has 0 bridgehead atoms. The fourth-order valence-corrected chi connectivity index (χ4v) is 3.37. The Kier molecular flexibility index (Phi) is 6.12. The maximum atomic E-state index is 12.5. The second-order valence-electron chi connectivity index (χ2n) is 6.47. The first-order valence-corrected chi connectivity index (χ1v) is 9.01. The monoisotopic (exact) mass is 354 g/mol. The Morgan fingerprint density at radius 1 is 0.962 bits per heavy atom. The molecule has 26 heavy (non-hydrogen) atoms. The number of hydrogen-bond acceptors (Lipinski definition) is 4. The fourth-order valence-electron chi connectivity index (χ4n) is 3.37. The van der Waals surface area contributed by atoms with E-state index < -0.39 is 0 Å². The zero-order chi connectivity index (χ0) is 18.4. The van der Waals surface area contributed by atoms with Crippen LogP contribution in [-0.4, -0.2) is 44.7 Å². The van der Waals surface area contributed by atoms with Gasteiger partial charge in [-0.2, -0.15) is 0 Å². The number of hydrogen-bond donors (Lipinski definition) is 1. The molecule has 0 radical (unpaired) electrons. The summed E-state index contributed by atoms with van der Waals surface area (Å²) in [5, 5.41) is 3.09. The molecule has 1 saturated heterocycles. The summed E-state index contributed by atoms with van der Waals surface area (Å²) < 4.78 is 10.4. The SMILES string of the molecule is COc1ccc(C(=O)NC[C@H](c2ccc(OC)cc2)N2CCCC2)cc1. The third kappa shape index (κ3) is 4.35. The van der Waals surface area contributed by atoms with Gasteiger partial charge in [-0.15, -0.1) is 0 Å². The minimum absolute atomic E-state index is 0.0645. The van der Waals surface area contributed by atoms with Crippen molar-refractivity contribution in [2.75, 3.05) is 33.9 Å². The lowest BCUT2D eigenvalue weighted by Crippen LogP contribution is -2.36. The van der Waals surface area contributed by atoms with E-state index in [0.717, 1.165) is 24.6 Å². The number of likely N-dealkylation sites (tertiary alicyclic amines) is 1. The van der Waals surface area contributed by atoms with Gasteiger partial charge >= 0.3 is 0 Å². The summed E-state index contributed by atoms with van der Waals surface area (Å²) in [7, 11) is 3.28. The van der Waals surface area contributed by atoms with Crippen molar-refractivity contribution in [3.05, 3.63) is 59.7 Å². The molecular formula is C21H26N2O3. The molecule has 5 nitrogen and oxygen atoms in total. The van der Waals surface area contributed by atoms with Gasteiger partial charge in [-0.05, 0) is 67.9 Å². The number of carbonyl (C=O) groups is 1. The molecule has 1 amide bonds. The van der Waals surface area contributed by atoms with Crippen molar-refractivity contribution in [1.29, 1.82) is 0 Å². The first kappa shape index (κ1) is 18.3. The largest absolute Gasteiger partial charge is 0.497 e. The molecule has 1 aliphatic heterocycles. The molecule has 1 N–H and O–H groups in total. The van der Waals surface area contributed by atoms with Gasteiger partial charge in [0.2, 0.25) is 0 Å². The lowest BCUT2D eigenvalue weighted by Gasteiger charge is -2.28. The van der Waals surface area contributed by atoms with Crippen molar-refractivity contribution in [3.8, 4) is 11.5 Å². The van der Waals surface area contributed by atoms with Gasteiger partial charge in [0, 0.05) is 12.1 Å². The lowest BCUT2D eigenvalue weighted by molar-refractivity contribution is 0.0938. The summed E-state index contributed by atoms with van der Waals surface area (Å²) in [5.41, 5.74) is 1.84. The molecule has 2 aromatic rings. The van der Waals surface area contributed by atoms with Gasteiger partial charge in [0.15, 0.2) is 0 Å². The Labute approximate surface area is 154 Å². The number of benzene rings is 2. The van der Waals surface area contributed by atoms with E-state index in [1.807, 2.05) is 12.1 Å². The normalized spacial score (nSPS) is 15.5. The number of nitrogens with one attached hydrogen (secondary N) is 1. The van der Waals surface area contributed by atoms with Crippen LogP contribution in [0.5, 0.6) is 11.5 Å². The van der Waals surface area contributed by atoms with Crippen molar-refractivity contribution < 1.29 is 14.3 Å². The molecule has 1 heterocycles. The van der Waals surface area contributed by atoms with Crippen LogP contribution < -0.4 is 14.8 Å². The van der Waals surface area contributed by atoms with Gasteiger partial charge in [-0.1, -0.05) is 12.1 Å².